The number of nitrogens with one attached hydrogen (secondary N) is 1. The Morgan fingerprint density at radius 2 is 1.67 bits per heavy atom. The quantitative estimate of drug-likeness (QED) is 0.847. The van der Waals surface area contributed by atoms with E-state index in [1.807, 2.05) is 24.3 Å². The smallest absolute Gasteiger partial charge is 0.247 e. The van der Waals surface area contributed by atoms with E-state index < -0.39 is 10.0 Å². The molecule has 2 fully saturated rings. The summed E-state index contributed by atoms with van der Waals surface area (Å²) in [6.07, 6.45) is 3.19. The highest BCUT2D eigenvalue weighted by Crippen LogP contribution is 2.41. The van der Waals surface area contributed by atoms with Crippen LogP contribution in [0.15, 0.2) is 29.2 Å². The number of benzene rings is 1. The number of H-pyrrole nitrogens is 1. The first-order chi connectivity index (χ1) is 12.9. The Morgan fingerprint density at radius 3 is 2.19 bits per heavy atom. The van der Waals surface area contributed by atoms with Crippen molar-refractivity contribution in [1.29, 1.82) is 0 Å². The lowest BCUT2D eigenvalue weighted by Gasteiger charge is -2.37. The third kappa shape index (κ3) is 3.21. The summed E-state index contributed by atoms with van der Waals surface area (Å²) in [4.78, 5) is 0.328. The monoisotopic (exact) mass is 391 g/mol. The fourth-order valence-electron chi connectivity index (χ4n) is 4.45. The molecule has 2 unspecified atom stereocenters. The largest absolute Gasteiger partial charge is 0.497 e. The first kappa shape index (κ1) is 18.3. The third-order valence-electron chi connectivity index (χ3n) is 5.58. The van der Waals surface area contributed by atoms with Crippen LogP contribution in [0.3, 0.4) is 0 Å². The lowest BCUT2D eigenvalue weighted by atomic mass is 10.0. The molecule has 0 radical (unpaired) electrons. The van der Waals surface area contributed by atoms with Crippen molar-refractivity contribution in [2.24, 2.45) is 0 Å². The third-order valence-corrected chi connectivity index (χ3v) is 7.85. The second-order valence-electron chi connectivity index (χ2n) is 7.37. The minimum absolute atomic E-state index is 0.0221. The van der Waals surface area contributed by atoms with Crippen molar-refractivity contribution in [3.63, 3.8) is 0 Å². The van der Waals surface area contributed by atoms with E-state index in [-0.39, 0.29) is 18.2 Å². The molecule has 2 atom stereocenters. The highest BCUT2D eigenvalue weighted by atomic mass is 32.2. The predicted octanol–water partition coefficient (Wildman–Crippen LogP) is 2.80. The summed E-state index contributed by atoms with van der Waals surface area (Å²) < 4.78 is 39.6. The summed E-state index contributed by atoms with van der Waals surface area (Å²) in [5.74, 6) is 1.58. The minimum atomic E-state index is -3.55. The Kier molecular flexibility index (Phi) is 4.63. The van der Waals surface area contributed by atoms with Crippen molar-refractivity contribution >= 4 is 10.0 Å². The van der Waals surface area contributed by atoms with Gasteiger partial charge in [-0.2, -0.15) is 9.40 Å². The van der Waals surface area contributed by atoms with Gasteiger partial charge in [0.1, 0.15) is 22.5 Å². The average molecular weight is 391 g/mol. The van der Waals surface area contributed by atoms with E-state index in [1.165, 1.54) is 0 Å². The molecule has 2 aliphatic rings. The van der Waals surface area contributed by atoms with Crippen LogP contribution >= 0.6 is 0 Å². The number of aromatic nitrogens is 2. The molecular formula is C19H25N3O4S. The lowest BCUT2D eigenvalue weighted by molar-refractivity contribution is 0.0956. The van der Waals surface area contributed by atoms with Crippen LogP contribution in [0.1, 0.15) is 37.1 Å². The number of ether oxygens (including phenoxy) is 2. The second-order valence-corrected chi connectivity index (χ2v) is 9.15. The maximum absolute atomic E-state index is 13.3. The molecule has 0 saturated carbocycles. The van der Waals surface area contributed by atoms with Gasteiger partial charge in [0, 0.05) is 24.9 Å². The van der Waals surface area contributed by atoms with Gasteiger partial charge < -0.3 is 9.47 Å². The zero-order valence-corrected chi connectivity index (χ0v) is 16.6. The summed E-state index contributed by atoms with van der Waals surface area (Å²) >= 11 is 0. The Labute approximate surface area is 159 Å². The SMILES string of the molecule is COc1ccc(OC2CC3CCC(C2)N3S(=O)(=O)c2c(C)n[nH]c2C)cc1. The van der Waals surface area contributed by atoms with Crippen LogP contribution in [0, 0.1) is 13.8 Å². The van der Waals surface area contributed by atoms with Crippen LogP contribution in [-0.4, -0.2) is 48.2 Å². The molecule has 3 heterocycles. The van der Waals surface area contributed by atoms with E-state index in [4.69, 9.17) is 9.47 Å². The molecule has 0 spiro atoms. The summed E-state index contributed by atoms with van der Waals surface area (Å²) in [5, 5.41) is 6.86. The molecule has 8 heteroatoms. The van der Waals surface area contributed by atoms with Crippen LogP contribution in [0.2, 0.25) is 0 Å². The van der Waals surface area contributed by atoms with E-state index >= 15 is 0 Å². The van der Waals surface area contributed by atoms with Crippen LogP contribution in [0.4, 0.5) is 0 Å². The van der Waals surface area contributed by atoms with Gasteiger partial charge in [0.05, 0.1) is 18.5 Å². The molecule has 0 aliphatic carbocycles. The highest BCUT2D eigenvalue weighted by Gasteiger charge is 2.48. The Morgan fingerprint density at radius 1 is 1.07 bits per heavy atom. The maximum atomic E-state index is 13.3. The number of sulfonamides is 1. The summed E-state index contributed by atoms with van der Waals surface area (Å²) in [6, 6.07) is 7.47. The van der Waals surface area contributed by atoms with Crippen LogP contribution in [0.5, 0.6) is 11.5 Å². The number of nitrogens with zero attached hydrogens (tertiary/aromatic N) is 2. The number of aromatic amines is 1. The van der Waals surface area contributed by atoms with E-state index in [2.05, 4.69) is 10.2 Å². The van der Waals surface area contributed by atoms with Crippen LogP contribution < -0.4 is 9.47 Å². The zero-order valence-electron chi connectivity index (χ0n) is 15.8. The van der Waals surface area contributed by atoms with Crippen LogP contribution in [-0.2, 0) is 10.0 Å². The van der Waals surface area contributed by atoms with Crippen LogP contribution in [0.25, 0.3) is 0 Å². The topological polar surface area (TPSA) is 84.5 Å². The fraction of sp³-hybridized carbons (Fsp3) is 0.526. The number of hydrogen-bond donors (Lipinski definition) is 1. The van der Waals surface area contributed by atoms with Crippen molar-refractivity contribution < 1.29 is 17.9 Å². The second kappa shape index (κ2) is 6.83. The molecule has 7 nitrogen and oxygen atoms in total. The zero-order chi connectivity index (χ0) is 19.2. The normalized spacial score (nSPS) is 25.5. The fourth-order valence-corrected chi connectivity index (χ4v) is 6.68. The first-order valence-corrected chi connectivity index (χ1v) is 10.7. The van der Waals surface area contributed by atoms with Gasteiger partial charge in [-0.1, -0.05) is 0 Å². The summed E-state index contributed by atoms with van der Waals surface area (Å²) in [5.41, 5.74) is 1.13. The maximum Gasteiger partial charge on any atom is 0.247 e. The van der Waals surface area contributed by atoms with Gasteiger partial charge in [-0.05, 0) is 51.0 Å². The molecule has 27 heavy (non-hydrogen) atoms. The van der Waals surface area contributed by atoms with E-state index in [0.29, 0.717) is 29.1 Å². The Bertz CT molecular complexity index is 889. The molecule has 4 rings (SSSR count). The number of fused-ring (bicyclic) bond motifs is 2. The first-order valence-electron chi connectivity index (χ1n) is 9.26. The predicted molar refractivity (Wildman–Crippen MR) is 101 cm³/mol. The molecule has 2 aliphatic heterocycles. The van der Waals surface area contributed by atoms with Crippen molar-refractivity contribution in [3.05, 3.63) is 35.7 Å². The minimum Gasteiger partial charge on any atom is -0.497 e. The highest BCUT2D eigenvalue weighted by molar-refractivity contribution is 7.89. The Hall–Kier alpha value is -2.06. The van der Waals surface area contributed by atoms with Crippen molar-refractivity contribution in [2.45, 2.75) is 62.6 Å². The molecule has 2 bridgehead atoms. The van der Waals surface area contributed by atoms with E-state index in [9.17, 15) is 8.42 Å². The molecule has 1 aromatic carbocycles. The number of aryl methyl sites for hydroxylation is 2. The molecule has 2 saturated heterocycles. The molecular weight excluding hydrogens is 366 g/mol. The molecule has 0 amide bonds. The van der Waals surface area contributed by atoms with Gasteiger partial charge in [0.25, 0.3) is 0 Å². The summed E-state index contributed by atoms with van der Waals surface area (Å²) in [7, 11) is -1.92. The van der Waals surface area contributed by atoms with Gasteiger partial charge in [0.2, 0.25) is 10.0 Å². The van der Waals surface area contributed by atoms with Crippen molar-refractivity contribution in [3.8, 4) is 11.5 Å². The van der Waals surface area contributed by atoms with Gasteiger partial charge in [-0.25, -0.2) is 8.42 Å². The van der Waals surface area contributed by atoms with E-state index in [0.717, 1.165) is 24.3 Å². The molecule has 1 aromatic heterocycles. The van der Waals surface area contributed by atoms with Crippen molar-refractivity contribution in [1.82, 2.24) is 14.5 Å². The van der Waals surface area contributed by atoms with Gasteiger partial charge in [-0.3, -0.25) is 5.10 Å². The number of rotatable bonds is 5. The molecule has 146 valence electrons. The van der Waals surface area contributed by atoms with Gasteiger partial charge >= 0.3 is 0 Å². The standard InChI is InChI=1S/C19H25N3O4S/c1-12-19(13(2)21-20-12)27(23,24)22-14-4-5-15(22)11-18(10-14)26-17-8-6-16(25-3)7-9-17/h6-9,14-15,18H,4-5,10-11H2,1-3H3,(H,20,21). The van der Waals surface area contributed by atoms with Crippen molar-refractivity contribution in [2.75, 3.05) is 7.11 Å². The van der Waals surface area contributed by atoms with Gasteiger partial charge in [-0.15, -0.1) is 0 Å². The number of methoxy groups -OCH3 is 1. The number of hydrogen-bond acceptors (Lipinski definition) is 5. The lowest BCUT2D eigenvalue weighted by Crippen LogP contribution is -2.49. The average Bonchev–Trinajstić information content (AvgIpc) is 3.13. The number of piperidine rings is 1. The molecule has 1 N–H and O–H groups in total. The van der Waals surface area contributed by atoms with E-state index in [1.54, 1.807) is 25.3 Å². The molecule has 2 aromatic rings. The Balaban J connectivity index is 1.52. The summed E-state index contributed by atoms with van der Waals surface area (Å²) in [6.45, 7) is 3.49. The van der Waals surface area contributed by atoms with Gasteiger partial charge in [0.15, 0.2) is 0 Å².